The molecular weight excluding hydrogens is 380 g/mol. The monoisotopic (exact) mass is 422 g/mol. The highest BCUT2D eigenvalue weighted by Gasteiger charge is 2.77. The molecule has 0 N–H and O–H groups in total. The third kappa shape index (κ3) is 2.68. The van der Waals surface area contributed by atoms with Gasteiger partial charge in [0.2, 0.25) is 0 Å². The van der Waals surface area contributed by atoms with E-state index in [0.29, 0.717) is 22.3 Å². The lowest BCUT2D eigenvalue weighted by molar-refractivity contribution is -0.161. The van der Waals surface area contributed by atoms with Gasteiger partial charge in [-0.3, -0.25) is 0 Å². The predicted octanol–water partition coefficient (Wildman–Crippen LogP) is 6.33. The van der Waals surface area contributed by atoms with Crippen LogP contribution in [0.3, 0.4) is 0 Å². The second kappa shape index (κ2) is 7.02. The molecule has 0 amide bonds. The molecule has 5 aliphatic rings. The van der Waals surface area contributed by atoms with Gasteiger partial charge in [0.05, 0.1) is 12.3 Å². The quantitative estimate of drug-likeness (QED) is 0.556. The molecule has 0 bridgehead atoms. The Labute approximate surface area is 189 Å². The molecule has 170 valence electrons. The number of nitrogens with zero attached hydrogens (tertiary/aromatic N) is 2. The van der Waals surface area contributed by atoms with E-state index in [9.17, 15) is 0 Å². The number of methoxy groups -OCH3 is 1. The maximum absolute atomic E-state index is 6.30. The lowest BCUT2D eigenvalue weighted by atomic mass is 9.45. The van der Waals surface area contributed by atoms with Gasteiger partial charge in [0.25, 0.3) is 0 Å². The molecule has 5 fully saturated rings. The third-order valence-electron chi connectivity index (χ3n) is 12.1. The fraction of sp³-hybridized carbons (Fsp3) is 0.857. The highest BCUT2D eigenvalue weighted by Crippen LogP contribution is 2.82. The van der Waals surface area contributed by atoms with Gasteiger partial charge in [-0.05, 0) is 122 Å². The Balaban J connectivity index is 1.22. The van der Waals surface area contributed by atoms with Crippen molar-refractivity contribution in [2.45, 2.75) is 91.1 Å². The predicted molar refractivity (Wildman–Crippen MR) is 123 cm³/mol. The molecule has 1 heterocycles. The molecule has 1 aromatic rings. The van der Waals surface area contributed by atoms with Crippen LogP contribution in [0.15, 0.2) is 18.5 Å². The molecule has 3 heteroatoms. The van der Waals surface area contributed by atoms with Gasteiger partial charge < -0.3 is 4.74 Å². The van der Waals surface area contributed by atoms with E-state index in [1.54, 1.807) is 0 Å². The lowest BCUT2D eigenvalue weighted by Gasteiger charge is -2.61. The molecule has 5 saturated carbocycles. The Kier molecular flexibility index (Phi) is 4.67. The Bertz CT molecular complexity index is 828. The van der Waals surface area contributed by atoms with Crippen molar-refractivity contribution in [3.8, 4) is 0 Å². The number of ether oxygens (including phenoxy) is 1. The van der Waals surface area contributed by atoms with Crippen LogP contribution in [-0.4, -0.2) is 23.4 Å². The van der Waals surface area contributed by atoms with Crippen LogP contribution in [-0.2, 0) is 11.2 Å². The summed E-state index contributed by atoms with van der Waals surface area (Å²) in [5.74, 6) is 5.45. The molecule has 1 unspecified atom stereocenters. The fourth-order valence-corrected chi connectivity index (χ4v) is 10.6. The van der Waals surface area contributed by atoms with E-state index >= 15 is 0 Å². The largest absolute Gasteiger partial charge is 0.381 e. The summed E-state index contributed by atoms with van der Waals surface area (Å²) in [7, 11) is 2.02. The zero-order valence-corrected chi connectivity index (χ0v) is 20.1. The number of aryl methyl sites for hydroxylation is 1. The summed E-state index contributed by atoms with van der Waals surface area (Å²) in [4.78, 5) is 0. The average Bonchev–Trinajstić information content (AvgIpc) is 3.29. The first-order valence-corrected chi connectivity index (χ1v) is 13.2. The number of fused-ring (bicyclic) bond motifs is 4. The molecule has 6 rings (SSSR count). The summed E-state index contributed by atoms with van der Waals surface area (Å²) >= 11 is 0. The lowest BCUT2D eigenvalue weighted by Crippen LogP contribution is -2.57. The molecule has 0 aromatic carbocycles. The number of hydrogen-bond donors (Lipinski definition) is 0. The van der Waals surface area contributed by atoms with Crippen LogP contribution in [0.5, 0.6) is 0 Å². The van der Waals surface area contributed by atoms with Crippen LogP contribution >= 0.6 is 0 Å². The molecule has 0 radical (unpaired) electrons. The summed E-state index contributed by atoms with van der Waals surface area (Å²) in [6, 6.07) is 2.14. The third-order valence-corrected chi connectivity index (χ3v) is 12.1. The smallest absolute Gasteiger partial charge is 0.0638 e. The molecular formula is C28H42N2O. The van der Waals surface area contributed by atoms with E-state index < -0.39 is 0 Å². The van der Waals surface area contributed by atoms with Crippen molar-refractivity contribution < 1.29 is 4.74 Å². The van der Waals surface area contributed by atoms with Crippen molar-refractivity contribution in [3.63, 3.8) is 0 Å². The minimum Gasteiger partial charge on any atom is -0.381 e. The van der Waals surface area contributed by atoms with E-state index in [4.69, 9.17) is 4.74 Å². The normalized spacial score (nSPS) is 50.8. The zero-order chi connectivity index (χ0) is 21.4. The van der Waals surface area contributed by atoms with Gasteiger partial charge in [-0.1, -0.05) is 20.8 Å². The molecule has 3 nitrogen and oxygen atoms in total. The van der Waals surface area contributed by atoms with Crippen LogP contribution in [0.2, 0.25) is 0 Å². The molecule has 5 aliphatic carbocycles. The number of rotatable bonds is 5. The van der Waals surface area contributed by atoms with Gasteiger partial charge >= 0.3 is 0 Å². The molecule has 1 spiro atoms. The molecule has 31 heavy (non-hydrogen) atoms. The van der Waals surface area contributed by atoms with Gasteiger partial charge in [-0.2, -0.15) is 10.2 Å². The van der Waals surface area contributed by atoms with E-state index in [2.05, 4.69) is 37.0 Å². The molecule has 0 saturated heterocycles. The molecule has 0 aliphatic heterocycles. The van der Waals surface area contributed by atoms with Gasteiger partial charge in [-0.25, -0.2) is 0 Å². The maximum Gasteiger partial charge on any atom is 0.0638 e. The average molecular weight is 423 g/mol. The Morgan fingerprint density at radius 1 is 1.10 bits per heavy atom. The van der Waals surface area contributed by atoms with Gasteiger partial charge in [0.1, 0.15) is 0 Å². The Morgan fingerprint density at radius 3 is 2.71 bits per heavy atom. The summed E-state index contributed by atoms with van der Waals surface area (Å²) in [5.41, 5.74) is 3.00. The van der Waals surface area contributed by atoms with Crippen molar-refractivity contribution in [2.75, 3.05) is 7.11 Å². The van der Waals surface area contributed by atoms with Gasteiger partial charge in [0, 0.05) is 18.7 Å². The second-order valence-corrected chi connectivity index (χ2v) is 12.7. The van der Waals surface area contributed by atoms with Gasteiger partial charge in [0.15, 0.2) is 0 Å². The molecule has 1 aromatic heterocycles. The first-order chi connectivity index (χ1) is 14.9. The Morgan fingerprint density at radius 2 is 1.97 bits per heavy atom. The van der Waals surface area contributed by atoms with E-state index in [1.807, 2.05) is 19.5 Å². The van der Waals surface area contributed by atoms with Gasteiger partial charge in [-0.15, -0.1) is 0 Å². The summed E-state index contributed by atoms with van der Waals surface area (Å²) in [5, 5.41) is 8.02. The summed E-state index contributed by atoms with van der Waals surface area (Å²) in [6.45, 7) is 7.93. The van der Waals surface area contributed by atoms with E-state index in [0.717, 1.165) is 41.9 Å². The van der Waals surface area contributed by atoms with E-state index in [1.165, 1.54) is 63.4 Å². The first-order valence-electron chi connectivity index (χ1n) is 13.2. The number of hydrogen-bond acceptors (Lipinski definition) is 3. The van der Waals surface area contributed by atoms with Crippen LogP contribution in [0.25, 0.3) is 0 Å². The summed E-state index contributed by atoms with van der Waals surface area (Å²) < 4.78 is 6.30. The standard InChI is InChI=1S/C28H42N2O/c1-18(5-6-19-11-14-29-30-17-19)22-7-8-23-21-15-25(31-4)28-16-20(28)9-13-27(28,3)24(21)10-12-26(22,23)2/h11,14,17-18,20-25H,5-10,12-13,15-16H2,1-4H3/t18-,20-,21+,22-,23+,24+,25-,26-,27-,28?/m1/s1. The highest BCUT2D eigenvalue weighted by atomic mass is 16.5. The van der Waals surface area contributed by atoms with Crippen LogP contribution in [0.4, 0.5) is 0 Å². The van der Waals surface area contributed by atoms with Crippen LogP contribution < -0.4 is 0 Å². The zero-order valence-electron chi connectivity index (χ0n) is 20.1. The van der Waals surface area contributed by atoms with Crippen molar-refractivity contribution in [1.29, 1.82) is 0 Å². The van der Waals surface area contributed by atoms with Crippen molar-refractivity contribution in [1.82, 2.24) is 10.2 Å². The number of aromatic nitrogens is 2. The van der Waals surface area contributed by atoms with Crippen molar-refractivity contribution in [2.24, 2.45) is 51.8 Å². The minimum absolute atomic E-state index is 0.532. The second-order valence-electron chi connectivity index (χ2n) is 12.7. The molecule has 10 atom stereocenters. The van der Waals surface area contributed by atoms with Crippen molar-refractivity contribution in [3.05, 3.63) is 24.0 Å². The SMILES string of the molecule is CO[C@@H]1C[C@H]2[C@@H]3CC[C@H]([C@H](C)CCc4ccnnc4)[C@@]3(C)CC[C@@H]2[C@@]2(C)CC[C@@H]3CC312. The van der Waals surface area contributed by atoms with Crippen LogP contribution in [0, 0.1) is 51.8 Å². The highest BCUT2D eigenvalue weighted by molar-refractivity contribution is 5.26. The van der Waals surface area contributed by atoms with Crippen molar-refractivity contribution >= 4 is 0 Å². The minimum atomic E-state index is 0.532. The Hall–Kier alpha value is -0.960. The fourth-order valence-electron chi connectivity index (χ4n) is 10.6. The van der Waals surface area contributed by atoms with E-state index in [-0.39, 0.29) is 0 Å². The first kappa shape index (κ1) is 20.6. The topological polar surface area (TPSA) is 35.0 Å². The van der Waals surface area contributed by atoms with Crippen LogP contribution in [0.1, 0.15) is 84.1 Å². The maximum atomic E-state index is 6.30. The summed E-state index contributed by atoms with van der Waals surface area (Å²) in [6.07, 6.45) is 18.4.